The molecule has 0 aromatic carbocycles. The first-order valence-corrected chi connectivity index (χ1v) is 11.1. The molecule has 0 aliphatic carbocycles. The SMILES string of the molecule is CC(=O)OC[C@@H](OC(C)=O)[C@H](OC(C)=O)[C@H](OC(C)=O)[C@@H](OC(C)=O)C(c1ccc[nH]1)c1ccc[nH]1. The highest BCUT2D eigenvalue weighted by molar-refractivity contribution is 5.69. The zero-order valence-electron chi connectivity index (χ0n) is 20.6. The molecule has 0 aliphatic heterocycles. The zero-order valence-corrected chi connectivity index (χ0v) is 20.6. The lowest BCUT2D eigenvalue weighted by atomic mass is 9.87. The minimum atomic E-state index is -1.52. The van der Waals surface area contributed by atoms with Gasteiger partial charge < -0.3 is 33.7 Å². The number of aromatic amines is 2. The van der Waals surface area contributed by atoms with Gasteiger partial charge in [0.05, 0.1) is 5.92 Å². The third-order valence-electron chi connectivity index (χ3n) is 4.93. The molecule has 0 amide bonds. The number of nitrogens with one attached hydrogen (secondary N) is 2. The van der Waals surface area contributed by atoms with E-state index in [0.29, 0.717) is 11.4 Å². The molecule has 0 fully saturated rings. The van der Waals surface area contributed by atoms with Crippen LogP contribution in [0.4, 0.5) is 0 Å². The molecule has 0 bridgehead atoms. The van der Waals surface area contributed by atoms with E-state index in [0.717, 1.165) is 27.7 Å². The second kappa shape index (κ2) is 13.1. The van der Waals surface area contributed by atoms with Gasteiger partial charge in [-0.15, -0.1) is 0 Å². The maximum atomic E-state index is 12.2. The van der Waals surface area contributed by atoms with E-state index in [1.165, 1.54) is 6.92 Å². The Hall–Kier alpha value is -4.09. The lowest BCUT2D eigenvalue weighted by Crippen LogP contribution is -2.54. The van der Waals surface area contributed by atoms with E-state index in [1.807, 2.05) is 0 Å². The molecule has 0 saturated heterocycles. The maximum Gasteiger partial charge on any atom is 0.303 e. The standard InChI is InChI=1S/C24H30N2O10/c1-13(27)32-12-20(33-14(2)28)22(34-15(3)29)24(36-17(5)31)23(35-16(4)30)21(18-8-6-10-25-18)19-9-7-11-26-19/h6-11,20-26H,12H2,1-5H3/t20-,22+,23+,24+/m1/s1. The van der Waals surface area contributed by atoms with Crippen LogP contribution in [0.5, 0.6) is 0 Å². The summed E-state index contributed by atoms with van der Waals surface area (Å²) >= 11 is 0. The first-order valence-electron chi connectivity index (χ1n) is 11.1. The van der Waals surface area contributed by atoms with Crippen LogP contribution in [0.15, 0.2) is 36.7 Å². The van der Waals surface area contributed by atoms with E-state index >= 15 is 0 Å². The van der Waals surface area contributed by atoms with Crippen molar-refractivity contribution in [3.8, 4) is 0 Å². The molecule has 0 aliphatic rings. The van der Waals surface area contributed by atoms with Gasteiger partial charge in [0, 0.05) is 58.4 Å². The smallest absolute Gasteiger partial charge is 0.303 e. The van der Waals surface area contributed by atoms with E-state index in [2.05, 4.69) is 9.97 Å². The fraction of sp³-hybridized carbons (Fsp3) is 0.458. The van der Waals surface area contributed by atoms with Gasteiger partial charge in [-0.2, -0.15) is 0 Å². The fourth-order valence-electron chi connectivity index (χ4n) is 3.78. The predicted octanol–water partition coefficient (Wildman–Crippen LogP) is 1.76. The molecule has 196 valence electrons. The van der Waals surface area contributed by atoms with Crippen LogP contribution in [0.3, 0.4) is 0 Å². The summed E-state index contributed by atoms with van der Waals surface area (Å²) in [7, 11) is 0. The summed E-state index contributed by atoms with van der Waals surface area (Å²) in [6.45, 7) is 5.12. The predicted molar refractivity (Wildman–Crippen MR) is 122 cm³/mol. The number of H-pyrrole nitrogens is 2. The zero-order chi connectivity index (χ0) is 26.8. The van der Waals surface area contributed by atoms with Gasteiger partial charge in [-0.25, -0.2) is 0 Å². The van der Waals surface area contributed by atoms with Gasteiger partial charge in [0.2, 0.25) is 0 Å². The Bertz CT molecular complexity index is 997. The molecular formula is C24H30N2O10. The van der Waals surface area contributed by atoms with Gasteiger partial charge in [0.1, 0.15) is 6.61 Å². The summed E-state index contributed by atoms with van der Waals surface area (Å²) < 4.78 is 27.0. The monoisotopic (exact) mass is 506 g/mol. The quantitative estimate of drug-likeness (QED) is 0.320. The molecule has 12 nitrogen and oxygen atoms in total. The first-order chi connectivity index (χ1) is 17.0. The topological polar surface area (TPSA) is 163 Å². The van der Waals surface area contributed by atoms with Crippen LogP contribution in [0, 0.1) is 0 Å². The van der Waals surface area contributed by atoms with Gasteiger partial charge >= 0.3 is 29.8 Å². The summed E-state index contributed by atoms with van der Waals surface area (Å²) in [5.41, 5.74) is 1.15. The third kappa shape index (κ3) is 8.29. The highest BCUT2D eigenvalue weighted by Gasteiger charge is 2.48. The Morgan fingerprint density at radius 2 is 1.08 bits per heavy atom. The normalized spacial score (nSPS) is 14.2. The van der Waals surface area contributed by atoms with Crippen LogP contribution in [-0.2, 0) is 47.7 Å². The van der Waals surface area contributed by atoms with Gasteiger partial charge in [-0.1, -0.05) is 0 Å². The van der Waals surface area contributed by atoms with Crippen molar-refractivity contribution in [3.63, 3.8) is 0 Å². The molecule has 0 unspecified atom stereocenters. The number of aromatic nitrogens is 2. The summed E-state index contributed by atoms with van der Waals surface area (Å²) in [5, 5.41) is 0. The molecule has 0 saturated carbocycles. The van der Waals surface area contributed by atoms with Crippen LogP contribution >= 0.6 is 0 Å². The number of carbonyl (C=O) groups is 5. The van der Waals surface area contributed by atoms with Gasteiger partial charge in [0.25, 0.3) is 0 Å². The molecule has 0 spiro atoms. The number of hydrogen-bond acceptors (Lipinski definition) is 10. The molecule has 2 rings (SSSR count). The van der Waals surface area contributed by atoms with Crippen LogP contribution in [0.25, 0.3) is 0 Å². The number of carbonyl (C=O) groups excluding carboxylic acids is 5. The molecule has 0 radical (unpaired) electrons. The van der Waals surface area contributed by atoms with Crippen molar-refractivity contribution in [3.05, 3.63) is 48.0 Å². The second-order valence-corrected chi connectivity index (χ2v) is 7.90. The van der Waals surface area contributed by atoms with Gasteiger partial charge in [-0.3, -0.25) is 24.0 Å². The van der Waals surface area contributed by atoms with E-state index < -0.39 is 66.8 Å². The summed E-state index contributed by atoms with van der Waals surface area (Å²) in [4.78, 5) is 66.1. The summed E-state index contributed by atoms with van der Waals surface area (Å²) in [6, 6.07) is 6.91. The Labute approximate surface area is 207 Å². The van der Waals surface area contributed by atoms with Crippen molar-refractivity contribution in [2.24, 2.45) is 0 Å². The van der Waals surface area contributed by atoms with Gasteiger partial charge in [0.15, 0.2) is 24.4 Å². The first kappa shape index (κ1) is 28.1. The molecule has 12 heteroatoms. The van der Waals surface area contributed by atoms with E-state index in [1.54, 1.807) is 36.7 Å². The average molecular weight is 507 g/mol. The third-order valence-corrected chi connectivity index (χ3v) is 4.93. The molecule has 2 N–H and O–H groups in total. The Kier molecular flexibility index (Phi) is 10.3. The minimum absolute atomic E-state index is 0.521. The van der Waals surface area contributed by atoms with Crippen molar-refractivity contribution in [1.29, 1.82) is 0 Å². The highest BCUT2D eigenvalue weighted by atomic mass is 16.6. The van der Waals surface area contributed by atoms with Crippen LogP contribution < -0.4 is 0 Å². The fourth-order valence-corrected chi connectivity index (χ4v) is 3.78. The van der Waals surface area contributed by atoms with Crippen LogP contribution in [-0.4, -0.2) is 70.8 Å². The van der Waals surface area contributed by atoms with Crippen molar-refractivity contribution >= 4 is 29.8 Å². The van der Waals surface area contributed by atoms with E-state index in [-0.39, 0.29) is 0 Å². The molecular weight excluding hydrogens is 476 g/mol. The van der Waals surface area contributed by atoms with Gasteiger partial charge in [-0.05, 0) is 24.3 Å². The van der Waals surface area contributed by atoms with E-state index in [9.17, 15) is 24.0 Å². The number of esters is 5. The number of ether oxygens (including phenoxy) is 5. The average Bonchev–Trinajstić information content (AvgIpc) is 3.47. The lowest BCUT2D eigenvalue weighted by Gasteiger charge is -2.38. The van der Waals surface area contributed by atoms with Crippen molar-refractivity contribution in [1.82, 2.24) is 9.97 Å². The summed E-state index contributed by atoms with van der Waals surface area (Å²) in [5.74, 6) is -4.56. The van der Waals surface area contributed by atoms with Crippen LogP contribution in [0.2, 0.25) is 0 Å². The minimum Gasteiger partial charge on any atom is -0.462 e. The summed E-state index contributed by atoms with van der Waals surface area (Å²) in [6.07, 6.45) is -2.39. The number of hydrogen-bond donors (Lipinski definition) is 2. The maximum absolute atomic E-state index is 12.2. The largest absolute Gasteiger partial charge is 0.462 e. The Morgan fingerprint density at radius 3 is 1.47 bits per heavy atom. The van der Waals surface area contributed by atoms with Crippen LogP contribution in [0.1, 0.15) is 51.9 Å². The molecule has 2 heterocycles. The lowest BCUT2D eigenvalue weighted by molar-refractivity contribution is -0.203. The highest BCUT2D eigenvalue weighted by Crippen LogP contribution is 2.34. The molecule has 2 aromatic heterocycles. The van der Waals surface area contributed by atoms with Crippen molar-refractivity contribution in [2.75, 3.05) is 6.61 Å². The molecule has 4 atom stereocenters. The Balaban J connectivity index is 2.70. The van der Waals surface area contributed by atoms with E-state index in [4.69, 9.17) is 23.7 Å². The number of rotatable bonds is 12. The second-order valence-electron chi connectivity index (χ2n) is 7.90. The molecule has 36 heavy (non-hydrogen) atoms. The Morgan fingerprint density at radius 1 is 0.639 bits per heavy atom. The van der Waals surface area contributed by atoms with Crippen molar-refractivity contribution in [2.45, 2.75) is 65.0 Å². The molecule has 2 aromatic rings. The van der Waals surface area contributed by atoms with Crippen molar-refractivity contribution < 1.29 is 47.7 Å².